The maximum Gasteiger partial charge on any atom is 0.306 e. The Balaban J connectivity index is 2.52. The quantitative estimate of drug-likeness (QED) is 0.0216. The normalized spacial score (nSPS) is 21.2. The van der Waals surface area contributed by atoms with Crippen LogP contribution in [0.5, 0.6) is 0 Å². The first-order chi connectivity index (χ1) is 26.0. The van der Waals surface area contributed by atoms with Crippen LogP contribution in [0.3, 0.4) is 0 Å². The summed E-state index contributed by atoms with van der Waals surface area (Å²) in [5.41, 5.74) is 0. The first-order valence-electron chi connectivity index (χ1n) is 20.9. The van der Waals surface area contributed by atoms with Gasteiger partial charge in [-0.25, -0.2) is 0 Å². The molecule has 2 unspecified atom stereocenters. The summed E-state index contributed by atoms with van der Waals surface area (Å²) >= 11 is 0. The number of esters is 2. The fraction of sp³-hybridized carbons (Fsp3) is 0.854. The molecule has 0 amide bonds. The lowest BCUT2D eigenvalue weighted by atomic mass is 10.00. The van der Waals surface area contributed by atoms with E-state index in [0.717, 1.165) is 44.9 Å². The van der Waals surface area contributed by atoms with Crippen LogP contribution in [0.15, 0.2) is 24.3 Å². The Hall–Kier alpha value is -1.87. The highest BCUT2D eigenvalue weighted by molar-refractivity contribution is 7.85. The van der Waals surface area contributed by atoms with Gasteiger partial charge in [0.1, 0.15) is 36.8 Å². The third kappa shape index (κ3) is 26.9. The molecule has 0 aromatic heterocycles. The van der Waals surface area contributed by atoms with Gasteiger partial charge in [0, 0.05) is 12.8 Å². The van der Waals surface area contributed by atoms with Crippen molar-refractivity contribution in [1.82, 2.24) is 0 Å². The minimum Gasteiger partial charge on any atom is -0.462 e. The van der Waals surface area contributed by atoms with Crippen molar-refractivity contribution in [3.05, 3.63) is 24.3 Å². The van der Waals surface area contributed by atoms with E-state index in [4.69, 9.17) is 18.9 Å². The molecule has 0 spiro atoms. The Morgan fingerprint density at radius 3 is 1.67 bits per heavy atom. The summed E-state index contributed by atoms with van der Waals surface area (Å²) in [4.78, 5) is 25.3. The molecule has 0 bridgehead atoms. The van der Waals surface area contributed by atoms with Gasteiger partial charge in [0.05, 0.1) is 6.61 Å². The van der Waals surface area contributed by atoms with E-state index in [0.29, 0.717) is 12.8 Å². The highest BCUT2D eigenvalue weighted by atomic mass is 32.2. The molecule has 1 fully saturated rings. The van der Waals surface area contributed by atoms with Crippen LogP contribution in [0.1, 0.15) is 168 Å². The van der Waals surface area contributed by atoms with Crippen molar-refractivity contribution in [2.45, 2.75) is 205 Å². The SMILES string of the molecule is CCCCCCCC/C=C/C/C=C/CCCCC(=O)O[C@H](COC(=O)CCCCCCCCCCCCC)CO[C@H]1O[C@H](CS(=O)(=O)O)[C@@H](O)C(O)C1O. The van der Waals surface area contributed by atoms with Gasteiger partial charge in [0.15, 0.2) is 12.4 Å². The van der Waals surface area contributed by atoms with Crippen molar-refractivity contribution in [3.63, 3.8) is 0 Å². The lowest BCUT2D eigenvalue weighted by Gasteiger charge is -2.40. The fourth-order valence-corrected chi connectivity index (χ4v) is 6.93. The van der Waals surface area contributed by atoms with E-state index < -0.39 is 71.2 Å². The van der Waals surface area contributed by atoms with E-state index in [1.165, 1.54) is 83.5 Å². The van der Waals surface area contributed by atoms with Crippen LogP contribution >= 0.6 is 0 Å². The number of hydrogen-bond donors (Lipinski definition) is 4. The first kappa shape index (κ1) is 50.1. The molecule has 54 heavy (non-hydrogen) atoms. The van der Waals surface area contributed by atoms with Gasteiger partial charge in [-0.05, 0) is 44.9 Å². The molecule has 1 aliphatic rings. The summed E-state index contributed by atoms with van der Waals surface area (Å²) in [6, 6.07) is 0. The van der Waals surface area contributed by atoms with Crippen LogP contribution in [0.25, 0.3) is 0 Å². The number of aliphatic hydroxyl groups excluding tert-OH is 3. The van der Waals surface area contributed by atoms with Crippen molar-refractivity contribution < 1.29 is 56.8 Å². The number of hydrogen-bond acceptors (Lipinski definition) is 11. The lowest BCUT2D eigenvalue weighted by molar-refractivity contribution is -0.297. The second-order valence-electron chi connectivity index (χ2n) is 14.7. The Bertz CT molecular complexity index is 1110. The van der Waals surface area contributed by atoms with Gasteiger partial charge in [-0.2, -0.15) is 8.42 Å². The summed E-state index contributed by atoms with van der Waals surface area (Å²) in [5.74, 6) is -2.02. The second-order valence-corrected chi connectivity index (χ2v) is 16.2. The van der Waals surface area contributed by atoms with Gasteiger partial charge >= 0.3 is 11.9 Å². The lowest BCUT2D eigenvalue weighted by Crippen LogP contribution is -2.60. The zero-order valence-electron chi connectivity index (χ0n) is 33.3. The van der Waals surface area contributed by atoms with Crippen molar-refractivity contribution >= 4 is 22.1 Å². The maximum absolute atomic E-state index is 12.7. The monoisotopic (exact) mass is 790 g/mol. The highest BCUT2D eigenvalue weighted by Gasteiger charge is 2.46. The predicted molar refractivity (Wildman–Crippen MR) is 210 cm³/mol. The molecule has 1 rings (SSSR count). The third-order valence-corrected chi connectivity index (χ3v) is 10.3. The summed E-state index contributed by atoms with van der Waals surface area (Å²) in [7, 11) is -4.60. The smallest absolute Gasteiger partial charge is 0.306 e. The molecule has 4 N–H and O–H groups in total. The van der Waals surface area contributed by atoms with Gasteiger partial charge in [0.25, 0.3) is 10.1 Å². The van der Waals surface area contributed by atoms with E-state index in [-0.39, 0.29) is 19.4 Å². The van der Waals surface area contributed by atoms with Crippen LogP contribution in [0.4, 0.5) is 0 Å². The van der Waals surface area contributed by atoms with Gasteiger partial charge in [-0.1, -0.05) is 134 Å². The van der Waals surface area contributed by atoms with Crippen molar-refractivity contribution in [2.75, 3.05) is 19.0 Å². The van der Waals surface area contributed by atoms with Crippen LogP contribution in [0.2, 0.25) is 0 Å². The van der Waals surface area contributed by atoms with E-state index >= 15 is 0 Å². The fourth-order valence-electron chi connectivity index (χ4n) is 6.24. The van der Waals surface area contributed by atoms with E-state index in [2.05, 4.69) is 38.2 Å². The first-order valence-corrected chi connectivity index (χ1v) is 22.5. The third-order valence-electron chi connectivity index (χ3n) is 9.53. The van der Waals surface area contributed by atoms with E-state index in [1.807, 2.05) is 0 Å². The Labute approximate surface area is 326 Å². The second kappa shape index (κ2) is 32.2. The standard InChI is InChI=1S/C41H74O12S/c1-3-5-7-9-11-13-15-16-17-18-20-22-24-26-28-30-37(43)52-34(31-50-36(42)29-27-25-23-21-19-14-12-10-8-6-4-2)32-51-41-40(46)39(45)38(44)35(53-41)33-54(47,48)49/h16-17,20,22,34-35,38-41,44-46H,3-15,18-19,21,23-33H2,1-2H3,(H,47,48,49)/b17-16+,22-20+/t34-,35-,38-,39?,40?,41+/m1/s1. The molecule has 0 saturated carbocycles. The highest BCUT2D eigenvalue weighted by Crippen LogP contribution is 2.24. The van der Waals surface area contributed by atoms with Crippen LogP contribution in [-0.2, 0) is 38.7 Å². The minimum atomic E-state index is -4.60. The molecular weight excluding hydrogens is 717 g/mol. The van der Waals surface area contributed by atoms with Crippen LogP contribution in [-0.4, -0.2) is 96.0 Å². The Kier molecular flexibility index (Phi) is 29.9. The molecule has 0 radical (unpaired) electrons. The number of rotatable bonds is 34. The number of carbonyl (C=O) groups is 2. The summed E-state index contributed by atoms with van der Waals surface area (Å²) in [6.07, 6.45) is 23.8. The molecule has 6 atom stereocenters. The Morgan fingerprint density at radius 1 is 0.630 bits per heavy atom. The molecule has 0 aliphatic carbocycles. The van der Waals surface area contributed by atoms with E-state index in [1.54, 1.807) is 0 Å². The van der Waals surface area contributed by atoms with Gasteiger partial charge < -0.3 is 34.3 Å². The average molecular weight is 791 g/mol. The minimum absolute atomic E-state index is 0.124. The molecule has 1 saturated heterocycles. The van der Waals surface area contributed by atoms with Gasteiger partial charge in [-0.15, -0.1) is 0 Å². The maximum atomic E-state index is 12.7. The molecule has 316 valence electrons. The Morgan fingerprint density at radius 2 is 1.11 bits per heavy atom. The van der Waals surface area contributed by atoms with Gasteiger partial charge in [0.2, 0.25) is 0 Å². The van der Waals surface area contributed by atoms with Crippen LogP contribution < -0.4 is 0 Å². The van der Waals surface area contributed by atoms with Crippen molar-refractivity contribution in [1.29, 1.82) is 0 Å². The summed E-state index contributed by atoms with van der Waals surface area (Å²) in [5, 5.41) is 30.8. The summed E-state index contributed by atoms with van der Waals surface area (Å²) < 4.78 is 53.8. The molecule has 12 nitrogen and oxygen atoms in total. The largest absolute Gasteiger partial charge is 0.462 e. The molecule has 0 aromatic rings. The molecule has 1 aliphatic heterocycles. The average Bonchev–Trinajstić information content (AvgIpc) is 3.13. The predicted octanol–water partition coefficient (Wildman–Crippen LogP) is 7.67. The number of unbranched alkanes of at least 4 members (excludes halogenated alkanes) is 18. The topological polar surface area (TPSA) is 186 Å². The zero-order valence-corrected chi connectivity index (χ0v) is 34.1. The van der Waals surface area contributed by atoms with E-state index in [9.17, 15) is 37.9 Å². The molecule has 1 heterocycles. The van der Waals surface area contributed by atoms with Crippen molar-refractivity contribution in [3.8, 4) is 0 Å². The van der Waals surface area contributed by atoms with Gasteiger partial charge in [-0.3, -0.25) is 14.1 Å². The molecule has 13 heteroatoms. The number of allylic oxidation sites excluding steroid dienone is 4. The molecule has 0 aromatic carbocycles. The van der Waals surface area contributed by atoms with Crippen molar-refractivity contribution in [2.24, 2.45) is 0 Å². The molecular formula is C41H74O12S. The zero-order chi connectivity index (χ0) is 39.9. The number of ether oxygens (including phenoxy) is 4. The van der Waals surface area contributed by atoms with Crippen LogP contribution in [0, 0.1) is 0 Å². The number of carbonyl (C=O) groups excluding carboxylic acids is 2. The number of aliphatic hydroxyl groups is 3. The summed E-state index contributed by atoms with van der Waals surface area (Å²) in [6.45, 7) is 3.70.